The molecule has 1 aromatic carbocycles. The standard InChI is InChI=1S/C13H15BrN2O/c1-3-5-16(6-4-15)13(17)11-7-10(2)8-12(14)9-11/h7-9H,3,5-6H2,1-2H3. The molecule has 1 amide bonds. The highest BCUT2D eigenvalue weighted by Gasteiger charge is 2.15. The van der Waals surface area contributed by atoms with Crippen LogP contribution in [0.2, 0.25) is 0 Å². The van der Waals surface area contributed by atoms with Crippen LogP contribution in [-0.4, -0.2) is 23.9 Å². The van der Waals surface area contributed by atoms with Gasteiger partial charge in [0.25, 0.3) is 5.91 Å². The predicted octanol–water partition coefficient (Wildman–Crippen LogP) is 3.13. The second-order valence-electron chi connectivity index (χ2n) is 3.90. The normalized spacial score (nSPS) is 9.76. The fraction of sp³-hybridized carbons (Fsp3) is 0.385. The number of nitrogens with zero attached hydrogens (tertiary/aromatic N) is 2. The van der Waals surface area contributed by atoms with Crippen molar-refractivity contribution in [2.24, 2.45) is 0 Å². The van der Waals surface area contributed by atoms with Crippen LogP contribution in [0.4, 0.5) is 0 Å². The molecule has 0 saturated carbocycles. The molecule has 0 aliphatic carbocycles. The maximum absolute atomic E-state index is 12.2. The van der Waals surface area contributed by atoms with Gasteiger partial charge in [-0.25, -0.2) is 0 Å². The summed E-state index contributed by atoms with van der Waals surface area (Å²) in [6.07, 6.45) is 0.848. The van der Waals surface area contributed by atoms with Crippen LogP contribution in [0.1, 0.15) is 29.3 Å². The molecule has 0 unspecified atom stereocenters. The SMILES string of the molecule is CCCN(CC#N)C(=O)c1cc(C)cc(Br)c1. The summed E-state index contributed by atoms with van der Waals surface area (Å²) in [6.45, 7) is 4.68. The van der Waals surface area contributed by atoms with Crippen LogP contribution in [-0.2, 0) is 0 Å². The first kappa shape index (κ1) is 13.7. The van der Waals surface area contributed by atoms with Crippen LogP contribution in [0.15, 0.2) is 22.7 Å². The molecule has 0 atom stereocenters. The maximum atomic E-state index is 12.2. The number of benzene rings is 1. The maximum Gasteiger partial charge on any atom is 0.254 e. The Labute approximate surface area is 110 Å². The molecular formula is C13H15BrN2O. The van der Waals surface area contributed by atoms with Gasteiger partial charge < -0.3 is 4.90 Å². The Balaban J connectivity index is 2.96. The number of rotatable bonds is 4. The molecule has 0 heterocycles. The molecule has 0 N–H and O–H groups in total. The Morgan fingerprint density at radius 2 is 2.18 bits per heavy atom. The van der Waals surface area contributed by atoms with Crippen LogP contribution in [0, 0.1) is 18.3 Å². The van der Waals surface area contributed by atoms with Crippen molar-refractivity contribution in [1.82, 2.24) is 4.90 Å². The zero-order valence-corrected chi connectivity index (χ0v) is 11.6. The van der Waals surface area contributed by atoms with Crippen molar-refractivity contribution in [2.75, 3.05) is 13.1 Å². The van der Waals surface area contributed by atoms with Gasteiger partial charge in [0.1, 0.15) is 6.54 Å². The third kappa shape index (κ3) is 3.86. The minimum Gasteiger partial charge on any atom is -0.325 e. The molecule has 0 aliphatic rings. The summed E-state index contributed by atoms with van der Waals surface area (Å²) >= 11 is 3.37. The largest absolute Gasteiger partial charge is 0.325 e. The number of carbonyl (C=O) groups is 1. The number of hydrogen-bond donors (Lipinski definition) is 0. The first-order valence-electron chi connectivity index (χ1n) is 5.52. The summed E-state index contributed by atoms with van der Waals surface area (Å²) in [7, 11) is 0. The molecule has 3 nitrogen and oxygen atoms in total. The number of carbonyl (C=O) groups excluding carboxylic acids is 1. The van der Waals surface area contributed by atoms with Gasteiger partial charge in [0.2, 0.25) is 0 Å². The molecule has 0 spiro atoms. The Morgan fingerprint density at radius 1 is 1.47 bits per heavy atom. The minimum atomic E-state index is -0.0854. The van der Waals surface area contributed by atoms with Crippen LogP contribution >= 0.6 is 15.9 Å². The summed E-state index contributed by atoms with van der Waals surface area (Å²) < 4.78 is 0.884. The molecule has 0 bridgehead atoms. The molecule has 4 heteroatoms. The van der Waals surface area contributed by atoms with E-state index in [1.165, 1.54) is 0 Å². The van der Waals surface area contributed by atoms with Gasteiger partial charge in [-0.1, -0.05) is 22.9 Å². The van der Waals surface area contributed by atoms with Gasteiger partial charge in [0, 0.05) is 16.6 Å². The van der Waals surface area contributed by atoms with E-state index in [4.69, 9.17) is 5.26 Å². The lowest BCUT2D eigenvalue weighted by Crippen LogP contribution is -2.32. The highest BCUT2D eigenvalue weighted by atomic mass is 79.9. The van der Waals surface area contributed by atoms with Crippen molar-refractivity contribution in [3.05, 3.63) is 33.8 Å². The lowest BCUT2D eigenvalue weighted by Gasteiger charge is -2.19. The molecule has 0 aromatic heterocycles. The van der Waals surface area contributed by atoms with Gasteiger partial charge in [0.15, 0.2) is 0 Å². The molecule has 0 radical (unpaired) electrons. The fourth-order valence-corrected chi connectivity index (χ4v) is 2.26. The lowest BCUT2D eigenvalue weighted by atomic mass is 10.1. The average Bonchev–Trinajstić information content (AvgIpc) is 2.26. The van der Waals surface area contributed by atoms with Gasteiger partial charge in [-0.2, -0.15) is 5.26 Å². The Kier molecular flexibility index (Phi) is 5.17. The van der Waals surface area contributed by atoms with Crippen molar-refractivity contribution >= 4 is 21.8 Å². The van der Waals surface area contributed by atoms with E-state index in [1.807, 2.05) is 32.0 Å². The summed E-state index contributed by atoms with van der Waals surface area (Å²) in [5.74, 6) is -0.0854. The van der Waals surface area contributed by atoms with Crippen molar-refractivity contribution < 1.29 is 4.79 Å². The van der Waals surface area contributed by atoms with E-state index in [0.29, 0.717) is 12.1 Å². The molecule has 17 heavy (non-hydrogen) atoms. The third-order valence-corrected chi connectivity index (χ3v) is 2.79. The van der Waals surface area contributed by atoms with Gasteiger partial charge in [-0.15, -0.1) is 0 Å². The van der Waals surface area contributed by atoms with Crippen LogP contribution < -0.4 is 0 Å². The number of halogens is 1. The zero-order valence-electron chi connectivity index (χ0n) is 10.0. The summed E-state index contributed by atoms with van der Waals surface area (Å²) in [4.78, 5) is 13.8. The monoisotopic (exact) mass is 294 g/mol. The Hall–Kier alpha value is -1.34. The summed E-state index contributed by atoms with van der Waals surface area (Å²) in [5, 5.41) is 8.72. The molecule has 90 valence electrons. The fourth-order valence-electron chi connectivity index (χ4n) is 1.65. The predicted molar refractivity (Wildman–Crippen MR) is 70.7 cm³/mol. The van der Waals surface area contributed by atoms with Gasteiger partial charge in [0.05, 0.1) is 6.07 Å². The van der Waals surface area contributed by atoms with Crippen LogP contribution in [0.3, 0.4) is 0 Å². The number of hydrogen-bond acceptors (Lipinski definition) is 2. The first-order valence-corrected chi connectivity index (χ1v) is 6.31. The molecular weight excluding hydrogens is 280 g/mol. The van der Waals surface area contributed by atoms with E-state index in [2.05, 4.69) is 15.9 Å². The summed E-state index contributed by atoms with van der Waals surface area (Å²) in [6, 6.07) is 7.60. The van der Waals surface area contributed by atoms with Crippen molar-refractivity contribution in [2.45, 2.75) is 20.3 Å². The lowest BCUT2D eigenvalue weighted by molar-refractivity contribution is 0.0776. The number of nitriles is 1. The van der Waals surface area contributed by atoms with Crippen LogP contribution in [0.25, 0.3) is 0 Å². The second-order valence-corrected chi connectivity index (χ2v) is 4.82. The molecule has 0 fully saturated rings. The van der Waals surface area contributed by atoms with E-state index in [1.54, 1.807) is 11.0 Å². The Bertz CT molecular complexity index is 431. The van der Waals surface area contributed by atoms with Crippen molar-refractivity contribution in [3.63, 3.8) is 0 Å². The molecule has 0 aliphatic heterocycles. The first-order chi connectivity index (χ1) is 8.08. The van der Waals surface area contributed by atoms with Gasteiger partial charge >= 0.3 is 0 Å². The van der Waals surface area contributed by atoms with Crippen LogP contribution in [0.5, 0.6) is 0 Å². The highest BCUT2D eigenvalue weighted by Crippen LogP contribution is 2.16. The number of amides is 1. The Morgan fingerprint density at radius 3 is 2.71 bits per heavy atom. The average molecular weight is 295 g/mol. The third-order valence-electron chi connectivity index (χ3n) is 2.33. The van der Waals surface area contributed by atoms with Crippen molar-refractivity contribution in [3.8, 4) is 6.07 Å². The smallest absolute Gasteiger partial charge is 0.254 e. The van der Waals surface area contributed by atoms with E-state index in [9.17, 15) is 4.79 Å². The second kappa shape index (κ2) is 6.41. The number of aryl methyl sites for hydroxylation is 1. The molecule has 0 saturated heterocycles. The van der Waals surface area contributed by atoms with E-state index >= 15 is 0 Å². The highest BCUT2D eigenvalue weighted by molar-refractivity contribution is 9.10. The zero-order chi connectivity index (χ0) is 12.8. The quantitative estimate of drug-likeness (QED) is 0.801. The summed E-state index contributed by atoms with van der Waals surface area (Å²) in [5.41, 5.74) is 1.65. The van der Waals surface area contributed by atoms with Gasteiger partial charge in [-0.05, 0) is 37.1 Å². The molecule has 1 rings (SSSR count). The van der Waals surface area contributed by atoms with Crippen molar-refractivity contribution in [1.29, 1.82) is 5.26 Å². The van der Waals surface area contributed by atoms with E-state index in [-0.39, 0.29) is 12.5 Å². The topological polar surface area (TPSA) is 44.1 Å². The van der Waals surface area contributed by atoms with E-state index in [0.717, 1.165) is 16.5 Å². The molecule has 1 aromatic rings. The minimum absolute atomic E-state index is 0.0854. The van der Waals surface area contributed by atoms with E-state index < -0.39 is 0 Å². The van der Waals surface area contributed by atoms with Gasteiger partial charge in [-0.3, -0.25) is 4.79 Å².